The van der Waals surface area contributed by atoms with Crippen molar-refractivity contribution < 1.29 is 17.6 Å². The molecule has 150 valence electrons. The van der Waals surface area contributed by atoms with Crippen molar-refractivity contribution >= 4 is 22.7 Å². The molecule has 1 atom stereocenters. The van der Waals surface area contributed by atoms with E-state index in [0.717, 1.165) is 12.1 Å². The summed E-state index contributed by atoms with van der Waals surface area (Å²) in [6.45, 7) is 6.88. The first-order valence-corrected chi connectivity index (χ1v) is 8.84. The Bertz CT molecular complexity index is 1100. The third kappa shape index (κ3) is 3.49. The zero-order valence-corrected chi connectivity index (χ0v) is 15.1. The molecule has 4 rings (SSSR count). The van der Waals surface area contributed by atoms with Crippen LogP contribution in [0, 0.1) is 18.2 Å². The maximum absolute atomic E-state index is 14.3. The van der Waals surface area contributed by atoms with Crippen LogP contribution in [0.25, 0.3) is 15.9 Å². The van der Waals surface area contributed by atoms with E-state index in [1.165, 1.54) is 10.8 Å². The lowest BCUT2D eigenvalue weighted by Crippen LogP contribution is -2.55. The van der Waals surface area contributed by atoms with Crippen LogP contribution in [-0.2, 0) is 6.54 Å². The van der Waals surface area contributed by atoms with Gasteiger partial charge in [0.15, 0.2) is 5.82 Å². The van der Waals surface area contributed by atoms with Crippen LogP contribution in [0.5, 0.6) is 0 Å². The van der Waals surface area contributed by atoms with Gasteiger partial charge in [-0.05, 0) is 6.07 Å². The number of hydrogen-bond donors (Lipinski definition) is 1. The molecule has 2 aromatic heterocycles. The maximum Gasteiger partial charge on any atom is 0.266 e. The highest BCUT2D eigenvalue weighted by Crippen LogP contribution is 2.32. The second-order valence-corrected chi connectivity index (χ2v) is 6.94. The monoisotopic (exact) mass is 404 g/mol. The molecule has 1 aromatic carbocycles. The summed E-state index contributed by atoms with van der Waals surface area (Å²) in [6.07, 6.45) is 0.922. The van der Waals surface area contributed by atoms with Gasteiger partial charge in [0.1, 0.15) is 11.3 Å². The van der Waals surface area contributed by atoms with Gasteiger partial charge in [-0.2, -0.15) is 0 Å². The minimum absolute atomic E-state index is 0.0296. The van der Waals surface area contributed by atoms with Crippen molar-refractivity contribution in [3.63, 3.8) is 0 Å². The van der Waals surface area contributed by atoms with Gasteiger partial charge < -0.3 is 15.2 Å². The van der Waals surface area contributed by atoms with Gasteiger partial charge in [-0.15, -0.1) is 0 Å². The van der Waals surface area contributed by atoms with Crippen molar-refractivity contribution in [2.75, 3.05) is 18.0 Å². The second kappa shape index (κ2) is 7.00. The molecule has 0 radical (unpaired) electrons. The first-order chi connectivity index (χ1) is 13.8. The molecule has 3 heterocycles. The summed E-state index contributed by atoms with van der Waals surface area (Å²) in [4.78, 5) is 13.3. The molecule has 1 fully saturated rings. The van der Waals surface area contributed by atoms with E-state index < -0.39 is 30.0 Å². The fraction of sp³-hybridized carbons (Fsp3) is 0.316. The normalized spacial score (nSPS) is 18.8. The Hall–Kier alpha value is -3.19. The molecule has 0 aliphatic carbocycles. The molecule has 10 heteroatoms. The van der Waals surface area contributed by atoms with Gasteiger partial charge in [0.2, 0.25) is 11.6 Å². The second-order valence-electron chi connectivity index (χ2n) is 6.94. The van der Waals surface area contributed by atoms with Crippen LogP contribution >= 0.6 is 0 Å². The minimum atomic E-state index is -3.00. The summed E-state index contributed by atoms with van der Waals surface area (Å²) < 4.78 is 57.3. The summed E-state index contributed by atoms with van der Waals surface area (Å²) in [5, 5.41) is 0. The molecule has 29 heavy (non-hydrogen) atoms. The fourth-order valence-electron chi connectivity index (χ4n) is 3.39. The number of nitrogens with two attached hydrogens (primary N) is 1. The van der Waals surface area contributed by atoms with Crippen LogP contribution in [0.15, 0.2) is 30.5 Å². The van der Waals surface area contributed by atoms with Gasteiger partial charge >= 0.3 is 0 Å². The zero-order chi connectivity index (χ0) is 20.8. The Kier molecular flexibility index (Phi) is 4.62. The molecule has 1 aliphatic rings. The number of anilines is 1. The van der Waals surface area contributed by atoms with E-state index >= 15 is 0 Å². The van der Waals surface area contributed by atoms with Gasteiger partial charge in [-0.25, -0.2) is 27.4 Å². The summed E-state index contributed by atoms with van der Waals surface area (Å²) in [5.41, 5.74) is 6.61. The number of alkyl halides is 2. The van der Waals surface area contributed by atoms with E-state index in [1.807, 2.05) is 0 Å². The summed E-state index contributed by atoms with van der Waals surface area (Å²) in [5.74, 6) is -4.41. The standard InChI is InChI=1S/C19H16F4N6/c1-25-12-2-3-13(26-8-12)9-29-15-7-11(20)6-14(21)17(15)27-18(29)28-5-4-19(22,23)16(24)10-28/h2-3,6-8,16H,4-5,9-10,24H2/t16-/m1/s1. The highest BCUT2D eigenvalue weighted by molar-refractivity contribution is 5.80. The Morgan fingerprint density at radius 1 is 1.28 bits per heavy atom. The Morgan fingerprint density at radius 3 is 2.72 bits per heavy atom. The first-order valence-electron chi connectivity index (χ1n) is 8.84. The number of pyridine rings is 1. The number of fused-ring (bicyclic) bond motifs is 1. The number of nitrogens with zero attached hydrogens (tertiary/aromatic N) is 5. The molecular formula is C19H16F4N6. The number of piperidine rings is 1. The van der Waals surface area contributed by atoms with Crippen LogP contribution in [0.1, 0.15) is 12.1 Å². The molecular weight excluding hydrogens is 388 g/mol. The third-order valence-electron chi connectivity index (χ3n) is 4.97. The predicted molar refractivity (Wildman–Crippen MR) is 99.0 cm³/mol. The molecule has 2 N–H and O–H groups in total. The van der Waals surface area contributed by atoms with Crippen LogP contribution in [0.2, 0.25) is 0 Å². The van der Waals surface area contributed by atoms with Crippen LogP contribution in [0.3, 0.4) is 0 Å². The summed E-state index contributed by atoms with van der Waals surface area (Å²) >= 11 is 0. The van der Waals surface area contributed by atoms with Gasteiger partial charge in [-0.1, -0.05) is 6.07 Å². The Balaban J connectivity index is 1.80. The number of aromatic nitrogens is 3. The molecule has 6 nitrogen and oxygen atoms in total. The number of imidazole rings is 1. The lowest BCUT2D eigenvalue weighted by Gasteiger charge is -2.37. The lowest BCUT2D eigenvalue weighted by atomic mass is 10.0. The molecule has 3 aromatic rings. The SMILES string of the molecule is [C-]#[N+]c1ccc(Cn2c(N3CCC(F)(F)[C@H](N)C3)nc3c(F)cc(F)cc32)nc1. The number of rotatable bonds is 3. The van der Waals surface area contributed by atoms with Crippen molar-refractivity contribution in [2.24, 2.45) is 5.73 Å². The zero-order valence-electron chi connectivity index (χ0n) is 15.1. The van der Waals surface area contributed by atoms with Crippen LogP contribution in [0.4, 0.5) is 29.2 Å². The first kappa shape index (κ1) is 19.1. The van der Waals surface area contributed by atoms with Gasteiger partial charge in [0.05, 0.1) is 30.4 Å². The Labute approximate surface area is 163 Å². The van der Waals surface area contributed by atoms with Crippen molar-refractivity contribution in [3.8, 4) is 0 Å². The van der Waals surface area contributed by atoms with E-state index in [9.17, 15) is 17.6 Å². The van der Waals surface area contributed by atoms with Crippen molar-refractivity contribution in [2.45, 2.75) is 24.9 Å². The number of benzene rings is 1. The van der Waals surface area contributed by atoms with E-state index in [1.54, 1.807) is 17.0 Å². The molecule has 0 amide bonds. The predicted octanol–water partition coefficient (Wildman–Crippen LogP) is 3.48. The average Bonchev–Trinajstić information content (AvgIpc) is 3.03. The number of hydrogen-bond acceptors (Lipinski definition) is 4. The molecule has 0 saturated carbocycles. The van der Waals surface area contributed by atoms with Crippen molar-refractivity contribution in [1.29, 1.82) is 0 Å². The molecule has 0 unspecified atom stereocenters. The van der Waals surface area contributed by atoms with Gasteiger partial charge in [-0.3, -0.25) is 4.98 Å². The maximum atomic E-state index is 14.3. The van der Waals surface area contributed by atoms with E-state index in [-0.39, 0.29) is 36.6 Å². The minimum Gasteiger partial charge on any atom is -0.340 e. The highest BCUT2D eigenvalue weighted by Gasteiger charge is 2.42. The highest BCUT2D eigenvalue weighted by atomic mass is 19.3. The molecule has 0 bridgehead atoms. The van der Waals surface area contributed by atoms with E-state index in [0.29, 0.717) is 11.4 Å². The quantitative estimate of drug-likeness (QED) is 0.536. The summed E-state index contributed by atoms with van der Waals surface area (Å²) in [7, 11) is 0. The molecule has 1 saturated heterocycles. The van der Waals surface area contributed by atoms with Gasteiger partial charge in [0, 0.05) is 37.8 Å². The van der Waals surface area contributed by atoms with Crippen molar-refractivity contribution in [3.05, 3.63) is 59.2 Å². The summed E-state index contributed by atoms with van der Waals surface area (Å²) in [6, 6.07) is 3.66. The molecule has 1 aliphatic heterocycles. The number of halogens is 4. The third-order valence-corrected chi connectivity index (χ3v) is 4.97. The van der Waals surface area contributed by atoms with E-state index in [2.05, 4.69) is 14.8 Å². The Morgan fingerprint density at radius 2 is 2.07 bits per heavy atom. The van der Waals surface area contributed by atoms with Crippen LogP contribution in [-0.4, -0.2) is 39.6 Å². The fourth-order valence-corrected chi connectivity index (χ4v) is 3.39. The molecule has 0 spiro atoms. The van der Waals surface area contributed by atoms with Gasteiger partial charge in [0.25, 0.3) is 5.92 Å². The van der Waals surface area contributed by atoms with Crippen molar-refractivity contribution in [1.82, 2.24) is 14.5 Å². The van der Waals surface area contributed by atoms with Crippen LogP contribution < -0.4 is 10.6 Å². The van der Waals surface area contributed by atoms with E-state index in [4.69, 9.17) is 12.3 Å². The average molecular weight is 404 g/mol. The topological polar surface area (TPSA) is 64.3 Å². The smallest absolute Gasteiger partial charge is 0.266 e. The lowest BCUT2D eigenvalue weighted by molar-refractivity contribution is -0.0395. The largest absolute Gasteiger partial charge is 0.340 e.